The molecule has 3 aliphatic heterocycles. The molecule has 3 heterocycles. The Labute approximate surface area is 272 Å². The SMILES string of the molecule is CN1c2ccccc2CCc2ccccc21.CN1c2ccccc2Cc2ccccc21.CN1c2ccccc2Oc2ccccc21. The van der Waals surface area contributed by atoms with Crippen LogP contribution in [0.3, 0.4) is 0 Å². The first kappa shape index (κ1) is 29.2. The van der Waals surface area contributed by atoms with Crippen LogP contribution in [-0.4, -0.2) is 21.1 Å². The van der Waals surface area contributed by atoms with Crippen LogP contribution in [0, 0.1) is 0 Å². The van der Waals surface area contributed by atoms with E-state index in [0.29, 0.717) is 0 Å². The van der Waals surface area contributed by atoms with Crippen LogP contribution >= 0.6 is 0 Å². The van der Waals surface area contributed by atoms with Gasteiger partial charge in [0.05, 0.1) is 11.4 Å². The molecular formula is C42H39N3O. The van der Waals surface area contributed by atoms with Crippen LogP contribution in [0.25, 0.3) is 0 Å². The fraction of sp³-hybridized carbons (Fsp3) is 0.143. The minimum atomic E-state index is 0.915. The zero-order valence-electron chi connectivity index (χ0n) is 26.7. The second kappa shape index (κ2) is 12.9. The number of ether oxygens (including phenoxy) is 1. The van der Waals surface area contributed by atoms with Gasteiger partial charge in [0.15, 0.2) is 11.5 Å². The summed E-state index contributed by atoms with van der Waals surface area (Å²) in [5, 5.41) is 0. The first-order chi connectivity index (χ1) is 22.6. The number of fused-ring (bicyclic) bond motifs is 6. The lowest BCUT2D eigenvalue weighted by Crippen LogP contribution is -2.18. The molecule has 0 amide bonds. The summed E-state index contributed by atoms with van der Waals surface area (Å²) in [6.45, 7) is 0. The zero-order chi connectivity index (χ0) is 31.5. The number of benzene rings is 6. The minimum absolute atomic E-state index is 0.915. The molecule has 0 saturated heterocycles. The molecule has 0 fully saturated rings. The monoisotopic (exact) mass is 601 g/mol. The predicted molar refractivity (Wildman–Crippen MR) is 193 cm³/mol. The van der Waals surface area contributed by atoms with E-state index in [1.165, 1.54) is 45.0 Å². The molecular weight excluding hydrogens is 562 g/mol. The van der Waals surface area contributed by atoms with Gasteiger partial charge in [-0.25, -0.2) is 0 Å². The third-order valence-electron chi connectivity index (χ3n) is 9.13. The van der Waals surface area contributed by atoms with Crippen molar-refractivity contribution in [2.45, 2.75) is 19.3 Å². The van der Waals surface area contributed by atoms with Gasteiger partial charge in [-0.05, 0) is 83.6 Å². The molecule has 0 unspecified atom stereocenters. The highest BCUT2D eigenvalue weighted by Gasteiger charge is 2.20. The summed E-state index contributed by atoms with van der Waals surface area (Å²) in [6.07, 6.45) is 3.33. The van der Waals surface area contributed by atoms with Crippen LogP contribution < -0.4 is 19.4 Å². The molecule has 0 atom stereocenters. The van der Waals surface area contributed by atoms with E-state index in [-0.39, 0.29) is 0 Å². The maximum absolute atomic E-state index is 5.81. The van der Waals surface area contributed by atoms with Crippen molar-refractivity contribution >= 4 is 34.1 Å². The Balaban J connectivity index is 0.000000110. The standard InChI is InChI=1S/C15H15N.C14H13N.C13H11NO/c1-16-14-8-4-2-6-12(14)10-11-13-7-3-5-9-15(13)16;1-15-13-8-4-2-6-11(13)10-12-7-3-5-9-14(12)15;1-14-10-6-2-4-8-12(10)15-13-9-5-3-7-11(13)14/h2-9H,10-11H2,1H3;2-9H,10H2,1H3;2-9H,1H3. The molecule has 4 heteroatoms. The van der Waals surface area contributed by atoms with Crippen LogP contribution in [-0.2, 0) is 19.3 Å². The fourth-order valence-electron chi connectivity index (χ4n) is 6.70. The summed E-state index contributed by atoms with van der Waals surface area (Å²) in [6, 6.07) is 50.7. The Kier molecular flexibility index (Phi) is 8.18. The minimum Gasteiger partial charge on any atom is -0.453 e. The van der Waals surface area contributed by atoms with E-state index >= 15 is 0 Å². The largest absolute Gasteiger partial charge is 0.453 e. The number of aryl methyl sites for hydroxylation is 2. The number of anilines is 6. The fourth-order valence-corrected chi connectivity index (χ4v) is 6.70. The normalized spacial score (nSPS) is 13.3. The Hall–Kier alpha value is -5.48. The first-order valence-electron chi connectivity index (χ1n) is 16.0. The Bertz CT molecular complexity index is 1750. The highest BCUT2D eigenvalue weighted by atomic mass is 16.5. The predicted octanol–water partition coefficient (Wildman–Crippen LogP) is 10.5. The van der Waals surface area contributed by atoms with Gasteiger partial charge < -0.3 is 19.4 Å². The van der Waals surface area contributed by atoms with Crippen LogP contribution in [0.5, 0.6) is 11.5 Å². The summed E-state index contributed by atoms with van der Waals surface area (Å²) in [5.41, 5.74) is 13.3. The van der Waals surface area contributed by atoms with Gasteiger partial charge in [0.2, 0.25) is 0 Å². The van der Waals surface area contributed by atoms with Gasteiger partial charge in [0.1, 0.15) is 0 Å². The molecule has 46 heavy (non-hydrogen) atoms. The lowest BCUT2D eigenvalue weighted by molar-refractivity contribution is 0.475. The maximum atomic E-state index is 5.81. The lowest BCUT2D eigenvalue weighted by Gasteiger charge is -2.29. The molecule has 4 nitrogen and oxygen atoms in total. The average Bonchev–Trinajstić information content (AvgIpc) is 3.26. The van der Waals surface area contributed by atoms with Crippen molar-refractivity contribution in [1.82, 2.24) is 0 Å². The van der Waals surface area contributed by atoms with Gasteiger partial charge in [-0.3, -0.25) is 0 Å². The van der Waals surface area contributed by atoms with Crippen molar-refractivity contribution in [2.75, 3.05) is 35.8 Å². The van der Waals surface area contributed by atoms with E-state index in [2.05, 4.69) is 145 Å². The van der Waals surface area contributed by atoms with E-state index in [0.717, 1.165) is 42.1 Å². The van der Waals surface area contributed by atoms with Gasteiger partial charge in [-0.15, -0.1) is 0 Å². The zero-order valence-corrected chi connectivity index (χ0v) is 26.7. The van der Waals surface area contributed by atoms with E-state index in [1.807, 2.05) is 36.4 Å². The summed E-state index contributed by atoms with van der Waals surface area (Å²) in [5.74, 6) is 1.83. The van der Waals surface area contributed by atoms with Crippen molar-refractivity contribution in [3.63, 3.8) is 0 Å². The van der Waals surface area contributed by atoms with Gasteiger partial charge in [-0.2, -0.15) is 0 Å². The van der Waals surface area contributed by atoms with E-state index < -0.39 is 0 Å². The molecule has 0 saturated carbocycles. The molecule has 6 aromatic rings. The maximum Gasteiger partial charge on any atom is 0.151 e. The Morgan fingerprint density at radius 2 is 0.630 bits per heavy atom. The molecule has 3 aliphatic rings. The van der Waals surface area contributed by atoms with Gasteiger partial charge in [-0.1, -0.05) is 97.1 Å². The molecule has 0 spiro atoms. The molecule has 0 aromatic heterocycles. The number of rotatable bonds is 0. The van der Waals surface area contributed by atoms with E-state index in [1.54, 1.807) is 0 Å². The van der Waals surface area contributed by atoms with Gasteiger partial charge >= 0.3 is 0 Å². The number of para-hydroxylation sites is 8. The van der Waals surface area contributed by atoms with E-state index in [9.17, 15) is 0 Å². The van der Waals surface area contributed by atoms with Crippen LogP contribution in [0.1, 0.15) is 22.3 Å². The van der Waals surface area contributed by atoms with Gasteiger partial charge in [0, 0.05) is 50.3 Å². The third kappa shape index (κ3) is 5.70. The van der Waals surface area contributed by atoms with Crippen molar-refractivity contribution < 1.29 is 4.74 Å². The van der Waals surface area contributed by atoms with Crippen molar-refractivity contribution in [2.24, 2.45) is 0 Å². The second-order valence-corrected chi connectivity index (χ2v) is 11.9. The van der Waals surface area contributed by atoms with Gasteiger partial charge in [0.25, 0.3) is 0 Å². The molecule has 228 valence electrons. The summed E-state index contributed by atoms with van der Waals surface area (Å²) < 4.78 is 5.81. The van der Waals surface area contributed by atoms with Crippen LogP contribution in [0.4, 0.5) is 34.1 Å². The molecule has 0 radical (unpaired) electrons. The van der Waals surface area contributed by atoms with Crippen molar-refractivity contribution in [3.8, 4) is 11.5 Å². The van der Waals surface area contributed by atoms with Crippen LogP contribution in [0.15, 0.2) is 146 Å². The van der Waals surface area contributed by atoms with Crippen molar-refractivity contribution in [1.29, 1.82) is 0 Å². The molecule has 0 bridgehead atoms. The average molecular weight is 602 g/mol. The number of nitrogens with zero attached hydrogens (tertiary/aromatic N) is 3. The highest BCUT2D eigenvalue weighted by molar-refractivity contribution is 5.77. The molecule has 0 N–H and O–H groups in total. The number of hydrogen-bond acceptors (Lipinski definition) is 4. The second-order valence-electron chi connectivity index (χ2n) is 11.9. The topological polar surface area (TPSA) is 19.0 Å². The summed E-state index contributed by atoms with van der Waals surface area (Å²) in [4.78, 5) is 6.72. The molecule has 9 rings (SSSR count). The quantitative estimate of drug-likeness (QED) is 0.172. The lowest BCUT2D eigenvalue weighted by atomic mass is 9.96. The first-order valence-corrected chi connectivity index (χ1v) is 16.0. The highest BCUT2D eigenvalue weighted by Crippen LogP contribution is 2.45. The Morgan fingerprint density at radius 1 is 0.348 bits per heavy atom. The number of hydrogen-bond donors (Lipinski definition) is 0. The smallest absolute Gasteiger partial charge is 0.151 e. The van der Waals surface area contributed by atoms with E-state index in [4.69, 9.17) is 4.74 Å². The third-order valence-corrected chi connectivity index (χ3v) is 9.13. The van der Waals surface area contributed by atoms with Crippen LogP contribution in [0.2, 0.25) is 0 Å². The molecule has 6 aromatic carbocycles. The summed E-state index contributed by atoms with van der Waals surface area (Å²) >= 11 is 0. The molecule has 0 aliphatic carbocycles. The Morgan fingerprint density at radius 3 is 1.04 bits per heavy atom. The summed E-state index contributed by atoms with van der Waals surface area (Å²) in [7, 11) is 6.35. The van der Waals surface area contributed by atoms with Crippen molar-refractivity contribution in [3.05, 3.63) is 168 Å².